The van der Waals surface area contributed by atoms with Crippen molar-refractivity contribution in [3.05, 3.63) is 64.7 Å². The highest BCUT2D eigenvalue weighted by atomic mass is 35.5. The largest absolute Gasteiger partial charge is 0.382 e. The zero-order valence-electron chi connectivity index (χ0n) is 11.1. The monoisotopic (exact) mass is 285 g/mol. The zero-order chi connectivity index (χ0) is 13.9. The van der Waals surface area contributed by atoms with Gasteiger partial charge in [0, 0.05) is 23.7 Å². The van der Waals surface area contributed by atoms with Crippen LogP contribution in [-0.4, -0.2) is 11.8 Å². The van der Waals surface area contributed by atoms with Crippen molar-refractivity contribution in [2.75, 3.05) is 5.32 Å². The molecule has 0 spiro atoms. The molecule has 1 fully saturated rings. The number of anilines is 1. The summed E-state index contributed by atoms with van der Waals surface area (Å²) in [6, 6.07) is 15.8. The van der Waals surface area contributed by atoms with Crippen LogP contribution in [-0.2, 0) is 6.42 Å². The zero-order valence-corrected chi connectivity index (χ0v) is 11.9. The molecule has 0 aliphatic heterocycles. The van der Waals surface area contributed by atoms with Crippen molar-refractivity contribution in [2.45, 2.75) is 25.3 Å². The molecule has 20 heavy (non-hydrogen) atoms. The van der Waals surface area contributed by atoms with E-state index in [9.17, 15) is 4.79 Å². The fourth-order valence-corrected chi connectivity index (χ4v) is 2.46. The van der Waals surface area contributed by atoms with Gasteiger partial charge in [-0.2, -0.15) is 0 Å². The quantitative estimate of drug-likeness (QED) is 0.828. The third-order valence-electron chi connectivity index (χ3n) is 3.48. The second kappa shape index (κ2) is 5.68. The number of para-hydroxylation sites is 1. The summed E-state index contributed by atoms with van der Waals surface area (Å²) in [5, 5.41) is 3.99. The first-order chi connectivity index (χ1) is 9.74. The smallest absolute Gasteiger partial charge is 0.168 e. The molecule has 1 N–H and O–H groups in total. The lowest BCUT2D eigenvalue weighted by molar-refractivity contribution is 0.0993. The number of carbonyl (C=O) groups excluding carboxylic acids is 1. The van der Waals surface area contributed by atoms with Crippen molar-refractivity contribution in [1.82, 2.24) is 0 Å². The fraction of sp³-hybridized carbons (Fsp3) is 0.235. The van der Waals surface area contributed by atoms with Crippen LogP contribution >= 0.6 is 11.6 Å². The third-order valence-corrected chi connectivity index (χ3v) is 3.81. The summed E-state index contributed by atoms with van der Waals surface area (Å²) in [7, 11) is 0. The van der Waals surface area contributed by atoms with Gasteiger partial charge in [-0.15, -0.1) is 0 Å². The van der Waals surface area contributed by atoms with Crippen LogP contribution in [0.2, 0.25) is 5.02 Å². The topological polar surface area (TPSA) is 29.1 Å². The number of rotatable bonds is 5. The molecule has 3 heteroatoms. The standard InChI is InChI=1S/C17H16ClNO/c18-15-7-3-2-6-14(15)17(20)11-12-5-1-4-8-16(12)19-13-9-10-13/h1-8,13,19H,9-11H2. The van der Waals surface area contributed by atoms with E-state index in [2.05, 4.69) is 5.32 Å². The number of carbonyl (C=O) groups is 1. The van der Waals surface area contributed by atoms with Gasteiger partial charge >= 0.3 is 0 Å². The Balaban J connectivity index is 1.80. The average molecular weight is 286 g/mol. The molecule has 2 nitrogen and oxygen atoms in total. The minimum absolute atomic E-state index is 0.0562. The van der Waals surface area contributed by atoms with Crippen LogP contribution in [0.4, 0.5) is 5.69 Å². The minimum atomic E-state index is 0.0562. The highest BCUT2D eigenvalue weighted by molar-refractivity contribution is 6.34. The number of nitrogens with one attached hydrogen (secondary N) is 1. The highest BCUT2D eigenvalue weighted by Gasteiger charge is 2.22. The Morgan fingerprint density at radius 1 is 1.10 bits per heavy atom. The Kier molecular flexibility index (Phi) is 3.75. The van der Waals surface area contributed by atoms with E-state index in [1.54, 1.807) is 12.1 Å². The van der Waals surface area contributed by atoms with Crippen LogP contribution in [0.5, 0.6) is 0 Å². The molecule has 1 saturated carbocycles. The van der Waals surface area contributed by atoms with Gasteiger partial charge in [0.2, 0.25) is 0 Å². The number of benzene rings is 2. The van der Waals surface area contributed by atoms with Crippen molar-refractivity contribution in [3.8, 4) is 0 Å². The number of hydrogen-bond donors (Lipinski definition) is 1. The molecule has 102 valence electrons. The van der Waals surface area contributed by atoms with Crippen LogP contribution in [0.3, 0.4) is 0 Å². The normalized spacial score (nSPS) is 14.1. The van der Waals surface area contributed by atoms with Gasteiger partial charge in [0.1, 0.15) is 0 Å². The summed E-state index contributed by atoms with van der Waals surface area (Å²) >= 11 is 6.08. The van der Waals surface area contributed by atoms with Gasteiger partial charge in [-0.25, -0.2) is 0 Å². The van der Waals surface area contributed by atoms with Gasteiger partial charge in [0.25, 0.3) is 0 Å². The molecule has 0 radical (unpaired) electrons. The molecule has 1 aliphatic carbocycles. The van der Waals surface area contributed by atoms with E-state index in [1.807, 2.05) is 36.4 Å². The molecule has 2 aromatic rings. The van der Waals surface area contributed by atoms with E-state index in [-0.39, 0.29) is 5.78 Å². The van der Waals surface area contributed by atoms with Gasteiger partial charge in [0.05, 0.1) is 5.02 Å². The average Bonchev–Trinajstić information content (AvgIpc) is 3.25. The molecule has 0 heterocycles. The van der Waals surface area contributed by atoms with E-state index in [4.69, 9.17) is 11.6 Å². The minimum Gasteiger partial charge on any atom is -0.382 e. The lowest BCUT2D eigenvalue weighted by Crippen LogP contribution is -2.09. The van der Waals surface area contributed by atoms with Crippen LogP contribution in [0.25, 0.3) is 0 Å². The maximum atomic E-state index is 12.4. The van der Waals surface area contributed by atoms with E-state index < -0.39 is 0 Å². The second-order valence-electron chi connectivity index (χ2n) is 5.16. The summed E-state index contributed by atoms with van der Waals surface area (Å²) in [5.41, 5.74) is 2.69. The highest BCUT2D eigenvalue weighted by Crippen LogP contribution is 2.27. The molecule has 1 aliphatic rings. The number of halogens is 1. The molecule has 0 atom stereocenters. The SMILES string of the molecule is O=C(Cc1ccccc1NC1CC1)c1ccccc1Cl. The lowest BCUT2D eigenvalue weighted by Gasteiger charge is -2.11. The molecule has 0 saturated heterocycles. The first-order valence-corrected chi connectivity index (χ1v) is 7.24. The van der Waals surface area contributed by atoms with Crippen LogP contribution < -0.4 is 5.32 Å². The number of Topliss-reactive ketones (excluding diaryl/α,β-unsaturated/α-hetero) is 1. The number of hydrogen-bond acceptors (Lipinski definition) is 2. The Hall–Kier alpha value is -1.80. The Labute approximate surface area is 123 Å². The molecule has 2 aromatic carbocycles. The Bertz CT molecular complexity index is 634. The third kappa shape index (κ3) is 3.02. The van der Waals surface area contributed by atoms with Crippen LogP contribution in [0, 0.1) is 0 Å². The van der Waals surface area contributed by atoms with E-state index in [1.165, 1.54) is 12.8 Å². The van der Waals surface area contributed by atoms with Crippen molar-refractivity contribution in [3.63, 3.8) is 0 Å². The molecule has 0 bridgehead atoms. The van der Waals surface area contributed by atoms with Crippen molar-refractivity contribution in [1.29, 1.82) is 0 Å². The van der Waals surface area contributed by atoms with Crippen molar-refractivity contribution in [2.24, 2.45) is 0 Å². The summed E-state index contributed by atoms with van der Waals surface area (Å²) in [5.74, 6) is 0.0562. The summed E-state index contributed by atoms with van der Waals surface area (Å²) in [4.78, 5) is 12.4. The first kappa shape index (κ1) is 13.2. The molecular weight excluding hydrogens is 270 g/mol. The Morgan fingerprint density at radius 2 is 1.80 bits per heavy atom. The van der Waals surface area contributed by atoms with Gasteiger partial charge < -0.3 is 5.32 Å². The molecule has 0 amide bonds. The Morgan fingerprint density at radius 3 is 2.55 bits per heavy atom. The summed E-state index contributed by atoms with van der Waals surface area (Å²) in [6.45, 7) is 0. The van der Waals surface area contributed by atoms with Gasteiger partial charge in [-0.1, -0.05) is 41.9 Å². The second-order valence-corrected chi connectivity index (χ2v) is 5.56. The van der Waals surface area contributed by atoms with E-state index >= 15 is 0 Å². The van der Waals surface area contributed by atoms with Gasteiger partial charge in [0.15, 0.2) is 5.78 Å². The van der Waals surface area contributed by atoms with Gasteiger partial charge in [-0.3, -0.25) is 4.79 Å². The van der Waals surface area contributed by atoms with Crippen LogP contribution in [0.1, 0.15) is 28.8 Å². The number of ketones is 1. The van der Waals surface area contributed by atoms with Gasteiger partial charge in [-0.05, 0) is 36.6 Å². The molecule has 0 unspecified atom stereocenters. The van der Waals surface area contributed by atoms with Crippen molar-refractivity contribution >= 4 is 23.1 Å². The first-order valence-electron chi connectivity index (χ1n) is 6.86. The maximum Gasteiger partial charge on any atom is 0.168 e. The van der Waals surface area contributed by atoms with E-state index in [0.717, 1.165) is 11.3 Å². The predicted octanol–water partition coefficient (Wildman–Crippen LogP) is 4.34. The fourth-order valence-electron chi connectivity index (χ4n) is 2.22. The van der Waals surface area contributed by atoms with E-state index in [0.29, 0.717) is 23.0 Å². The molecule has 0 aromatic heterocycles. The summed E-state index contributed by atoms with van der Waals surface area (Å²) < 4.78 is 0. The van der Waals surface area contributed by atoms with Crippen LogP contribution in [0.15, 0.2) is 48.5 Å². The molecule has 3 rings (SSSR count). The maximum absolute atomic E-state index is 12.4. The summed E-state index contributed by atoms with van der Waals surface area (Å²) in [6.07, 6.45) is 2.80. The molecular formula is C17H16ClNO. The lowest BCUT2D eigenvalue weighted by atomic mass is 10.0. The van der Waals surface area contributed by atoms with Crippen molar-refractivity contribution < 1.29 is 4.79 Å². The predicted molar refractivity (Wildman–Crippen MR) is 82.6 cm³/mol.